The van der Waals surface area contributed by atoms with Gasteiger partial charge in [0.05, 0.1) is 16.4 Å². The Labute approximate surface area is 165 Å². The quantitative estimate of drug-likeness (QED) is 0.640. The molecule has 1 aromatic carbocycles. The summed E-state index contributed by atoms with van der Waals surface area (Å²) in [4.78, 5) is 24.1. The summed E-state index contributed by atoms with van der Waals surface area (Å²) in [5.74, 6) is -1.86. The molecule has 0 saturated heterocycles. The fourth-order valence-electron chi connectivity index (χ4n) is 2.86. The van der Waals surface area contributed by atoms with E-state index < -0.39 is 17.8 Å². The fourth-order valence-corrected chi connectivity index (χ4v) is 3.44. The second-order valence-corrected chi connectivity index (χ2v) is 6.99. The van der Waals surface area contributed by atoms with Gasteiger partial charge in [0.25, 0.3) is 5.82 Å². The second-order valence-electron chi connectivity index (χ2n) is 5.75. The number of hydrogen-bond acceptors (Lipinski definition) is 5. The third-order valence-electron chi connectivity index (χ3n) is 4.04. The van der Waals surface area contributed by atoms with Crippen molar-refractivity contribution in [2.75, 3.05) is 0 Å². The summed E-state index contributed by atoms with van der Waals surface area (Å²) in [6.45, 7) is 1.71. The lowest BCUT2D eigenvalue weighted by atomic mass is 10.0. The molecule has 27 heavy (non-hydrogen) atoms. The highest BCUT2D eigenvalue weighted by Crippen LogP contribution is 2.37. The van der Waals surface area contributed by atoms with Crippen molar-refractivity contribution in [1.82, 2.24) is 19.7 Å². The highest BCUT2D eigenvalue weighted by atomic mass is 79.9. The van der Waals surface area contributed by atoms with Crippen LogP contribution in [0.4, 0.5) is 4.39 Å². The normalized spacial score (nSPS) is 15.6. The number of benzene rings is 1. The topological polar surface area (TPSA) is 93.3 Å². The lowest BCUT2D eigenvalue weighted by molar-refractivity contribution is 0.0683. The standard InChI is InChI=1S/C17H10BrClFN5O2/c1-7-16-23-15(17(26)27)24-25(16)10-5-4-8(18)12(19)11(10)14(22-7)13-9(20)3-2-6-21-13/h2-7H,1H3,(H,26,27). The van der Waals surface area contributed by atoms with Crippen LogP contribution in [0, 0.1) is 5.82 Å². The molecule has 4 rings (SSSR count). The first-order valence-electron chi connectivity index (χ1n) is 7.76. The van der Waals surface area contributed by atoms with Gasteiger partial charge in [0.2, 0.25) is 0 Å². The number of aromatic carboxylic acids is 1. The number of hydrogen-bond donors (Lipinski definition) is 1. The van der Waals surface area contributed by atoms with Crippen LogP contribution in [0.1, 0.15) is 40.7 Å². The summed E-state index contributed by atoms with van der Waals surface area (Å²) < 4.78 is 16.4. The molecule has 1 atom stereocenters. The third kappa shape index (κ3) is 2.83. The Kier molecular flexibility index (Phi) is 4.27. The summed E-state index contributed by atoms with van der Waals surface area (Å²) in [5.41, 5.74) is 1.10. The summed E-state index contributed by atoms with van der Waals surface area (Å²) in [6, 6.07) is 5.53. The Balaban J connectivity index is 2.08. The molecule has 0 radical (unpaired) electrons. The van der Waals surface area contributed by atoms with Crippen LogP contribution in [-0.2, 0) is 0 Å². The van der Waals surface area contributed by atoms with E-state index in [2.05, 4.69) is 36.0 Å². The van der Waals surface area contributed by atoms with Crippen LogP contribution in [0.5, 0.6) is 0 Å². The molecule has 0 saturated carbocycles. The average Bonchev–Trinajstić information content (AvgIpc) is 3.04. The molecule has 10 heteroatoms. The lowest BCUT2D eigenvalue weighted by Crippen LogP contribution is -2.13. The van der Waals surface area contributed by atoms with Gasteiger partial charge in [-0.25, -0.2) is 18.9 Å². The molecule has 1 N–H and O–H groups in total. The van der Waals surface area contributed by atoms with Crippen LogP contribution in [-0.4, -0.2) is 36.5 Å². The van der Waals surface area contributed by atoms with Crippen molar-refractivity contribution >= 4 is 39.2 Å². The van der Waals surface area contributed by atoms with E-state index in [9.17, 15) is 14.3 Å². The van der Waals surface area contributed by atoms with E-state index in [0.29, 0.717) is 21.5 Å². The molecule has 136 valence electrons. The van der Waals surface area contributed by atoms with Crippen LogP contribution in [0.2, 0.25) is 5.02 Å². The van der Waals surface area contributed by atoms with Crippen molar-refractivity contribution < 1.29 is 14.3 Å². The van der Waals surface area contributed by atoms with Gasteiger partial charge >= 0.3 is 5.97 Å². The number of rotatable bonds is 2. The monoisotopic (exact) mass is 449 g/mol. The first-order chi connectivity index (χ1) is 12.9. The number of carboxylic acid groups (broad SMARTS) is 1. The van der Waals surface area contributed by atoms with Crippen molar-refractivity contribution in [3.8, 4) is 5.69 Å². The van der Waals surface area contributed by atoms with E-state index in [1.54, 1.807) is 19.1 Å². The van der Waals surface area contributed by atoms with Gasteiger partial charge in [-0.05, 0) is 47.1 Å². The summed E-state index contributed by atoms with van der Waals surface area (Å²) in [6.07, 6.45) is 1.46. The van der Waals surface area contributed by atoms with E-state index >= 15 is 0 Å². The van der Waals surface area contributed by atoms with Gasteiger partial charge in [0.15, 0.2) is 11.6 Å². The van der Waals surface area contributed by atoms with Gasteiger partial charge in [0, 0.05) is 16.2 Å². The van der Waals surface area contributed by atoms with Crippen LogP contribution in [0.15, 0.2) is 39.9 Å². The first kappa shape index (κ1) is 17.7. The molecule has 3 aromatic rings. The number of nitrogens with zero attached hydrogens (tertiary/aromatic N) is 5. The Morgan fingerprint density at radius 3 is 2.85 bits per heavy atom. The van der Waals surface area contributed by atoms with Crippen molar-refractivity contribution in [3.63, 3.8) is 0 Å². The SMILES string of the molecule is CC1N=C(c2ncccc2F)c2c(ccc(Br)c2Cl)-n2nc(C(=O)O)nc21. The van der Waals surface area contributed by atoms with E-state index in [-0.39, 0.29) is 22.3 Å². The van der Waals surface area contributed by atoms with Gasteiger partial charge < -0.3 is 5.11 Å². The van der Waals surface area contributed by atoms with E-state index in [1.165, 1.54) is 23.0 Å². The van der Waals surface area contributed by atoms with Gasteiger partial charge in [-0.2, -0.15) is 0 Å². The minimum absolute atomic E-state index is 0.0369. The van der Waals surface area contributed by atoms with E-state index in [1.807, 2.05) is 0 Å². The average molecular weight is 451 g/mol. The van der Waals surface area contributed by atoms with Crippen LogP contribution >= 0.6 is 27.5 Å². The zero-order valence-electron chi connectivity index (χ0n) is 13.7. The maximum Gasteiger partial charge on any atom is 0.375 e. The van der Waals surface area contributed by atoms with Gasteiger partial charge in [0.1, 0.15) is 11.7 Å². The van der Waals surface area contributed by atoms with E-state index in [4.69, 9.17) is 11.6 Å². The van der Waals surface area contributed by atoms with Crippen molar-refractivity contribution in [1.29, 1.82) is 0 Å². The van der Waals surface area contributed by atoms with Crippen LogP contribution < -0.4 is 0 Å². The Bertz CT molecular complexity index is 1130. The number of carbonyl (C=O) groups is 1. The smallest absolute Gasteiger partial charge is 0.375 e. The summed E-state index contributed by atoms with van der Waals surface area (Å²) >= 11 is 9.87. The maximum atomic E-state index is 14.5. The molecular weight excluding hydrogens is 441 g/mol. The van der Waals surface area contributed by atoms with Crippen molar-refractivity contribution in [2.45, 2.75) is 13.0 Å². The first-order valence-corrected chi connectivity index (χ1v) is 8.93. The minimum Gasteiger partial charge on any atom is -0.475 e. The molecular formula is C17H10BrClFN5O2. The Morgan fingerprint density at radius 1 is 1.37 bits per heavy atom. The predicted molar refractivity (Wildman–Crippen MR) is 99.3 cm³/mol. The molecule has 0 amide bonds. The lowest BCUT2D eigenvalue weighted by Gasteiger charge is -2.13. The zero-order chi connectivity index (χ0) is 19.3. The molecule has 1 aliphatic heterocycles. The van der Waals surface area contributed by atoms with Gasteiger partial charge in [-0.1, -0.05) is 11.6 Å². The van der Waals surface area contributed by atoms with E-state index in [0.717, 1.165) is 0 Å². The Morgan fingerprint density at radius 2 is 2.15 bits per heavy atom. The molecule has 1 unspecified atom stereocenters. The molecule has 2 aromatic heterocycles. The van der Waals surface area contributed by atoms with Crippen LogP contribution in [0.3, 0.4) is 0 Å². The Hall–Kier alpha value is -2.65. The number of aliphatic imine (C=N–C) groups is 1. The molecule has 0 aliphatic carbocycles. The zero-order valence-corrected chi connectivity index (χ0v) is 16.0. The fraction of sp³-hybridized carbons (Fsp3) is 0.118. The number of carboxylic acids is 1. The highest BCUT2D eigenvalue weighted by molar-refractivity contribution is 9.10. The third-order valence-corrected chi connectivity index (χ3v) is 5.32. The molecule has 1 aliphatic rings. The minimum atomic E-state index is -1.26. The summed E-state index contributed by atoms with van der Waals surface area (Å²) in [5, 5.41) is 13.6. The molecule has 0 fully saturated rings. The number of fused-ring (bicyclic) bond motifs is 3. The molecule has 0 spiro atoms. The van der Waals surface area contributed by atoms with Gasteiger partial charge in [-0.3, -0.25) is 9.98 Å². The summed E-state index contributed by atoms with van der Waals surface area (Å²) in [7, 11) is 0. The van der Waals surface area contributed by atoms with Crippen molar-refractivity contribution in [3.05, 3.63) is 68.7 Å². The number of pyridine rings is 1. The second kappa shape index (κ2) is 6.50. The molecule has 7 nitrogen and oxygen atoms in total. The highest BCUT2D eigenvalue weighted by Gasteiger charge is 2.30. The largest absolute Gasteiger partial charge is 0.475 e. The van der Waals surface area contributed by atoms with Crippen LogP contribution in [0.25, 0.3) is 5.69 Å². The maximum absolute atomic E-state index is 14.5. The number of halogens is 3. The predicted octanol–water partition coefficient (Wildman–Crippen LogP) is 3.83. The molecule has 3 heterocycles. The number of aromatic nitrogens is 4. The van der Waals surface area contributed by atoms with Crippen molar-refractivity contribution in [2.24, 2.45) is 4.99 Å². The van der Waals surface area contributed by atoms with Gasteiger partial charge in [-0.15, -0.1) is 5.10 Å². The molecule has 0 bridgehead atoms.